The van der Waals surface area contributed by atoms with Gasteiger partial charge < -0.3 is 9.72 Å². The summed E-state index contributed by atoms with van der Waals surface area (Å²) >= 11 is 7.81. The maximum atomic E-state index is 12.7. The summed E-state index contributed by atoms with van der Waals surface area (Å²) in [5.74, 6) is -0.113. The maximum Gasteiger partial charge on any atom is 0.337 e. The third-order valence-electron chi connectivity index (χ3n) is 4.38. The SMILES string of the molecule is COC(=O)c1ccc(/C=C(\Cl)c2nc3scc(-c4ccccc4)c3c(=O)[nH]2)cc1. The highest BCUT2D eigenvalue weighted by Gasteiger charge is 2.14. The highest BCUT2D eigenvalue weighted by atomic mass is 35.5. The highest BCUT2D eigenvalue weighted by molar-refractivity contribution is 7.17. The van der Waals surface area contributed by atoms with Crippen LogP contribution in [0.15, 0.2) is 64.8 Å². The predicted molar refractivity (Wildman–Crippen MR) is 117 cm³/mol. The number of aromatic nitrogens is 2. The molecule has 0 radical (unpaired) electrons. The monoisotopic (exact) mass is 422 g/mol. The number of halogens is 1. The van der Waals surface area contributed by atoms with Gasteiger partial charge in [-0.1, -0.05) is 54.1 Å². The number of aromatic amines is 1. The largest absolute Gasteiger partial charge is 0.465 e. The second-order valence-corrected chi connectivity index (χ2v) is 7.48. The van der Waals surface area contributed by atoms with Crippen molar-refractivity contribution in [1.82, 2.24) is 9.97 Å². The molecule has 0 amide bonds. The van der Waals surface area contributed by atoms with Gasteiger partial charge in [-0.15, -0.1) is 11.3 Å². The van der Waals surface area contributed by atoms with E-state index in [-0.39, 0.29) is 5.56 Å². The molecule has 144 valence electrons. The van der Waals surface area contributed by atoms with Crippen LogP contribution in [-0.2, 0) is 4.74 Å². The van der Waals surface area contributed by atoms with E-state index in [1.807, 2.05) is 35.7 Å². The number of methoxy groups -OCH3 is 1. The minimum atomic E-state index is -0.407. The fraction of sp³-hybridized carbons (Fsp3) is 0.0455. The van der Waals surface area contributed by atoms with Crippen molar-refractivity contribution in [1.29, 1.82) is 0 Å². The van der Waals surface area contributed by atoms with E-state index < -0.39 is 5.97 Å². The van der Waals surface area contributed by atoms with E-state index in [2.05, 4.69) is 14.7 Å². The molecule has 0 spiro atoms. The number of nitrogens with one attached hydrogen (secondary N) is 1. The number of carbonyl (C=O) groups is 1. The van der Waals surface area contributed by atoms with Crippen LogP contribution >= 0.6 is 22.9 Å². The molecule has 0 aliphatic heterocycles. The number of nitrogens with zero attached hydrogens (tertiary/aromatic N) is 1. The summed E-state index contributed by atoms with van der Waals surface area (Å²) < 4.78 is 4.69. The molecule has 0 aliphatic carbocycles. The summed E-state index contributed by atoms with van der Waals surface area (Å²) in [5.41, 5.74) is 2.79. The van der Waals surface area contributed by atoms with Crippen molar-refractivity contribution in [3.05, 3.63) is 87.3 Å². The molecule has 0 atom stereocenters. The van der Waals surface area contributed by atoms with Crippen LogP contribution in [0.2, 0.25) is 0 Å². The summed E-state index contributed by atoms with van der Waals surface area (Å²) in [5, 5.41) is 2.77. The lowest BCUT2D eigenvalue weighted by Gasteiger charge is -2.03. The zero-order valence-corrected chi connectivity index (χ0v) is 16.9. The van der Waals surface area contributed by atoms with Crippen molar-refractivity contribution in [3.63, 3.8) is 0 Å². The third kappa shape index (κ3) is 3.85. The molecular formula is C22H15ClN2O3S. The van der Waals surface area contributed by atoms with Gasteiger partial charge in [-0.25, -0.2) is 9.78 Å². The Labute approximate surface area is 175 Å². The molecule has 2 aromatic heterocycles. The van der Waals surface area contributed by atoms with Crippen molar-refractivity contribution < 1.29 is 9.53 Å². The molecule has 4 rings (SSSR count). The topological polar surface area (TPSA) is 72.0 Å². The van der Waals surface area contributed by atoms with Crippen LogP contribution in [0.5, 0.6) is 0 Å². The van der Waals surface area contributed by atoms with Crippen LogP contribution in [0.3, 0.4) is 0 Å². The van der Waals surface area contributed by atoms with Crippen LogP contribution < -0.4 is 5.56 Å². The molecule has 0 aliphatic rings. The first-order chi connectivity index (χ1) is 14.1. The number of fused-ring (bicyclic) bond motifs is 1. The summed E-state index contributed by atoms with van der Waals surface area (Å²) in [6, 6.07) is 16.5. The molecule has 29 heavy (non-hydrogen) atoms. The van der Waals surface area contributed by atoms with Crippen LogP contribution in [0.25, 0.3) is 32.5 Å². The average molecular weight is 423 g/mol. The molecule has 5 nitrogen and oxygen atoms in total. The van der Waals surface area contributed by atoms with E-state index in [9.17, 15) is 9.59 Å². The van der Waals surface area contributed by atoms with E-state index in [0.717, 1.165) is 16.7 Å². The Morgan fingerprint density at radius 2 is 1.86 bits per heavy atom. The van der Waals surface area contributed by atoms with E-state index in [1.165, 1.54) is 18.4 Å². The van der Waals surface area contributed by atoms with Crippen molar-refractivity contribution in [3.8, 4) is 11.1 Å². The summed E-state index contributed by atoms with van der Waals surface area (Å²) in [7, 11) is 1.33. The highest BCUT2D eigenvalue weighted by Crippen LogP contribution is 2.31. The van der Waals surface area contributed by atoms with E-state index in [0.29, 0.717) is 26.6 Å². The maximum absolute atomic E-state index is 12.7. The fourth-order valence-electron chi connectivity index (χ4n) is 2.94. The summed E-state index contributed by atoms with van der Waals surface area (Å²) in [6.45, 7) is 0. The standard InChI is InChI=1S/C22H15ClN2O3S/c1-28-22(27)15-9-7-13(8-10-15)11-17(23)19-24-20(26)18-16(12-29-21(18)25-19)14-5-3-2-4-6-14/h2-12H,1H3,(H,24,25,26)/b17-11-. The minimum Gasteiger partial charge on any atom is -0.465 e. The Hall–Kier alpha value is -3.22. The first-order valence-corrected chi connectivity index (χ1v) is 9.95. The Kier molecular flexibility index (Phi) is 5.29. The molecule has 0 bridgehead atoms. The Bertz CT molecular complexity index is 1280. The lowest BCUT2D eigenvalue weighted by atomic mass is 10.1. The van der Waals surface area contributed by atoms with Gasteiger partial charge in [-0.3, -0.25) is 4.79 Å². The molecule has 2 heterocycles. The molecule has 0 fully saturated rings. The number of rotatable bonds is 4. The lowest BCUT2D eigenvalue weighted by molar-refractivity contribution is 0.0600. The zero-order valence-electron chi connectivity index (χ0n) is 15.3. The van der Waals surface area contributed by atoms with Gasteiger partial charge in [0.1, 0.15) is 4.83 Å². The molecule has 7 heteroatoms. The van der Waals surface area contributed by atoms with Gasteiger partial charge in [-0.2, -0.15) is 0 Å². The van der Waals surface area contributed by atoms with Gasteiger partial charge in [0.15, 0.2) is 5.82 Å². The molecular weight excluding hydrogens is 408 g/mol. The quantitative estimate of drug-likeness (QED) is 0.460. The third-order valence-corrected chi connectivity index (χ3v) is 5.54. The average Bonchev–Trinajstić information content (AvgIpc) is 3.19. The van der Waals surface area contributed by atoms with E-state index in [1.54, 1.807) is 30.3 Å². The number of hydrogen-bond acceptors (Lipinski definition) is 5. The number of thiophene rings is 1. The molecule has 0 saturated carbocycles. The Morgan fingerprint density at radius 1 is 1.14 bits per heavy atom. The second kappa shape index (κ2) is 8.03. The molecule has 0 unspecified atom stereocenters. The van der Waals surface area contributed by atoms with Gasteiger partial charge in [0.2, 0.25) is 0 Å². The van der Waals surface area contributed by atoms with Gasteiger partial charge in [0.05, 0.1) is 23.1 Å². The second-order valence-electron chi connectivity index (χ2n) is 6.22. The number of esters is 1. The Balaban J connectivity index is 1.70. The minimum absolute atomic E-state index is 0.238. The number of ether oxygens (including phenoxy) is 1. The van der Waals surface area contributed by atoms with Gasteiger partial charge in [0.25, 0.3) is 5.56 Å². The molecule has 0 saturated heterocycles. The van der Waals surface area contributed by atoms with Gasteiger partial charge in [0, 0.05) is 10.9 Å². The normalized spacial score (nSPS) is 11.6. The number of H-pyrrole nitrogens is 1. The molecule has 1 N–H and O–H groups in total. The van der Waals surface area contributed by atoms with Crippen molar-refractivity contribution in [2.45, 2.75) is 0 Å². The van der Waals surface area contributed by atoms with Crippen LogP contribution in [0.1, 0.15) is 21.7 Å². The van der Waals surface area contributed by atoms with E-state index >= 15 is 0 Å². The first-order valence-electron chi connectivity index (χ1n) is 8.69. The molecule has 2 aromatic carbocycles. The summed E-state index contributed by atoms with van der Waals surface area (Å²) in [4.78, 5) is 32.2. The molecule has 4 aromatic rings. The first kappa shape index (κ1) is 19.1. The number of carbonyl (C=O) groups excluding carboxylic acids is 1. The van der Waals surface area contributed by atoms with Crippen molar-refractivity contribution >= 4 is 50.2 Å². The lowest BCUT2D eigenvalue weighted by Crippen LogP contribution is -2.10. The Morgan fingerprint density at radius 3 is 2.55 bits per heavy atom. The smallest absolute Gasteiger partial charge is 0.337 e. The van der Waals surface area contributed by atoms with E-state index in [4.69, 9.17) is 11.6 Å². The number of hydrogen-bond donors (Lipinski definition) is 1. The van der Waals surface area contributed by atoms with Crippen LogP contribution in [0.4, 0.5) is 0 Å². The van der Waals surface area contributed by atoms with Crippen LogP contribution in [0, 0.1) is 0 Å². The van der Waals surface area contributed by atoms with Crippen molar-refractivity contribution in [2.24, 2.45) is 0 Å². The van der Waals surface area contributed by atoms with Gasteiger partial charge in [-0.05, 0) is 29.3 Å². The number of benzene rings is 2. The fourth-order valence-corrected chi connectivity index (χ4v) is 4.10. The van der Waals surface area contributed by atoms with Crippen LogP contribution in [-0.4, -0.2) is 23.0 Å². The van der Waals surface area contributed by atoms with Crippen molar-refractivity contribution in [2.75, 3.05) is 7.11 Å². The summed E-state index contributed by atoms with van der Waals surface area (Å²) in [6.07, 6.45) is 1.68. The zero-order chi connectivity index (χ0) is 20.4. The van der Waals surface area contributed by atoms with Gasteiger partial charge >= 0.3 is 5.97 Å². The predicted octanol–water partition coefficient (Wildman–Crippen LogP) is 5.18.